The van der Waals surface area contributed by atoms with Crippen LogP contribution in [0.3, 0.4) is 0 Å². The molecule has 0 saturated carbocycles. The van der Waals surface area contributed by atoms with Gasteiger partial charge in [0.2, 0.25) is 10.0 Å². The van der Waals surface area contributed by atoms with Gasteiger partial charge in [-0.2, -0.15) is 4.31 Å². The molecule has 0 aliphatic carbocycles. The highest BCUT2D eigenvalue weighted by Crippen LogP contribution is 2.26. The summed E-state index contributed by atoms with van der Waals surface area (Å²) in [5.41, 5.74) is 0. The zero-order chi connectivity index (χ0) is 13.2. The van der Waals surface area contributed by atoms with Crippen molar-refractivity contribution in [3.8, 4) is 0 Å². The van der Waals surface area contributed by atoms with Gasteiger partial charge in [-0.1, -0.05) is 24.1 Å². The number of sulfonamides is 1. The third-order valence-corrected chi connectivity index (χ3v) is 5.37. The fraction of sp³-hybridized carbons (Fsp3) is 0.500. The van der Waals surface area contributed by atoms with Gasteiger partial charge in [0.1, 0.15) is 0 Å². The summed E-state index contributed by atoms with van der Waals surface area (Å²) in [6.07, 6.45) is 2.49. The van der Waals surface area contributed by atoms with E-state index in [-0.39, 0.29) is 17.5 Å². The predicted molar refractivity (Wildman–Crippen MR) is 70.1 cm³/mol. The van der Waals surface area contributed by atoms with E-state index in [1.807, 2.05) is 0 Å². The van der Waals surface area contributed by atoms with Gasteiger partial charge in [-0.25, -0.2) is 8.42 Å². The van der Waals surface area contributed by atoms with E-state index in [0.29, 0.717) is 18.0 Å². The van der Waals surface area contributed by atoms with Gasteiger partial charge in [0.15, 0.2) is 0 Å². The topological polar surface area (TPSA) is 57.6 Å². The van der Waals surface area contributed by atoms with Crippen LogP contribution in [0, 0.1) is 0 Å². The third-order valence-electron chi connectivity index (χ3n) is 3.19. The molecule has 1 atom stereocenters. The molecule has 18 heavy (non-hydrogen) atoms. The average Bonchev–Trinajstić information content (AvgIpc) is 2.38. The monoisotopic (exact) mass is 289 g/mol. The van der Waals surface area contributed by atoms with Crippen LogP contribution in [0.15, 0.2) is 29.2 Å². The van der Waals surface area contributed by atoms with E-state index in [2.05, 4.69) is 0 Å². The zero-order valence-corrected chi connectivity index (χ0v) is 11.5. The first-order valence-corrected chi connectivity index (χ1v) is 7.76. The van der Waals surface area contributed by atoms with Crippen molar-refractivity contribution < 1.29 is 13.5 Å². The Labute approximate surface area is 112 Å². The largest absolute Gasteiger partial charge is 0.395 e. The van der Waals surface area contributed by atoms with Crippen molar-refractivity contribution in [3.63, 3.8) is 0 Å². The van der Waals surface area contributed by atoms with Gasteiger partial charge in [-0.3, -0.25) is 0 Å². The van der Waals surface area contributed by atoms with Gasteiger partial charge < -0.3 is 5.11 Å². The van der Waals surface area contributed by atoms with Crippen molar-refractivity contribution in [2.45, 2.75) is 30.2 Å². The summed E-state index contributed by atoms with van der Waals surface area (Å²) in [7, 11) is -3.56. The number of benzene rings is 1. The smallest absolute Gasteiger partial charge is 0.243 e. The van der Waals surface area contributed by atoms with Crippen molar-refractivity contribution in [2.24, 2.45) is 0 Å². The minimum atomic E-state index is -3.56. The lowest BCUT2D eigenvalue weighted by atomic mass is 10.1. The Kier molecular flexibility index (Phi) is 4.27. The van der Waals surface area contributed by atoms with Crippen LogP contribution < -0.4 is 0 Å². The van der Waals surface area contributed by atoms with Gasteiger partial charge in [0, 0.05) is 17.6 Å². The maximum Gasteiger partial charge on any atom is 0.243 e. The number of hydrogen-bond donors (Lipinski definition) is 1. The van der Waals surface area contributed by atoms with Crippen LogP contribution in [0.5, 0.6) is 0 Å². The highest BCUT2D eigenvalue weighted by molar-refractivity contribution is 7.89. The van der Waals surface area contributed by atoms with Gasteiger partial charge in [-0.15, -0.1) is 0 Å². The first-order valence-electron chi connectivity index (χ1n) is 5.94. The average molecular weight is 290 g/mol. The van der Waals surface area contributed by atoms with E-state index in [9.17, 15) is 13.5 Å². The molecule has 0 radical (unpaired) electrons. The highest BCUT2D eigenvalue weighted by atomic mass is 35.5. The van der Waals surface area contributed by atoms with E-state index in [0.717, 1.165) is 12.8 Å². The van der Waals surface area contributed by atoms with Crippen LogP contribution in [0.25, 0.3) is 0 Å². The molecule has 6 heteroatoms. The number of piperidine rings is 1. The summed E-state index contributed by atoms with van der Waals surface area (Å²) >= 11 is 5.83. The number of aliphatic hydroxyl groups excluding tert-OH is 1. The minimum Gasteiger partial charge on any atom is -0.395 e. The van der Waals surface area contributed by atoms with Gasteiger partial charge >= 0.3 is 0 Å². The summed E-state index contributed by atoms with van der Waals surface area (Å²) < 4.78 is 26.3. The third kappa shape index (κ3) is 2.69. The molecular weight excluding hydrogens is 274 g/mol. The maximum atomic E-state index is 12.5. The molecule has 1 aromatic carbocycles. The molecule has 0 spiro atoms. The quantitative estimate of drug-likeness (QED) is 0.924. The molecule has 1 heterocycles. The van der Waals surface area contributed by atoms with E-state index >= 15 is 0 Å². The minimum absolute atomic E-state index is 0.139. The summed E-state index contributed by atoms with van der Waals surface area (Å²) in [4.78, 5) is 0.190. The van der Waals surface area contributed by atoms with E-state index in [4.69, 9.17) is 11.6 Å². The van der Waals surface area contributed by atoms with E-state index in [1.165, 1.54) is 16.4 Å². The lowest BCUT2D eigenvalue weighted by molar-refractivity contribution is 0.155. The fourth-order valence-electron chi connectivity index (χ4n) is 2.24. The molecule has 1 aromatic rings. The Morgan fingerprint density at radius 3 is 2.83 bits per heavy atom. The summed E-state index contributed by atoms with van der Waals surface area (Å²) in [5.74, 6) is 0. The number of rotatable bonds is 3. The molecule has 4 nitrogen and oxygen atoms in total. The molecule has 1 aliphatic rings. The maximum absolute atomic E-state index is 12.5. The van der Waals surface area contributed by atoms with Gasteiger partial charge in [0.05, 0.1) is 11.5 Å². The van der Waals surface area contributed by atoms with Crippen LogP contribution >= 0.6 is 11.6 Å². The number of aliphatic hydroxyl groups is 1. The molecule has 1 N–H and O–H groups in total. The summed E-state index contributed by atoms with van der Waals surface area (Å²) in [5, 5.41) is 9.69. The van der Waals surface area contributed by atoms with Crippen LogP contribution in [0.4, 0.5) is 0 Å². The Morgan fingerprint density at radius 1 is 1.39 bits per heavy atom. The molecule has 0 amide bonds. The Hall–Kier alpha value is -0.620. The zero-order valence-electron chi connectivity index (χ0n) is 9.92. The highest BCUT2D eigenvalue weighted by Gasteiger charge is 2.32. The van der Waals surface area contributed by atoms with Gasteiger partial charge in [-0.05, 0) is 31.0 Å². The first-order chi connectivity index (χ1) is 8.55. The first kappa shape index (κ1) is 13.8. The van der Waals surface area contributed by atoms with Crippen molar-refractivity contribution in [1.29, 1.82) is 0 Å². The molecule has 1 fully saturated rings. The predicted octanol–water partition coefficient (Wildman–Crippen LogP) is 1.88. The molecule has 1 aliphatic heterocycles. The van der Waals surface area contributed by atoms with Crippen LogP contribution in [0.1, 0.15) is 19.3 Å². The molecule has 1 saturated heterocycles. The van der Waals surface area contributed by atoms with Crippen molar-refractivity contribution in [3.05, 3.63) is 29.3 Å². The van der Waals surface area contributed by atoms with Crippen molar-refractivity contribution >= 4 is 21.6 Å². The molecular formula is C12H16ClNO3S. The lowest BCUT2D eigenvalue weighted by Gasteiger charge is -2.33. The van der Waals surface area contributed by atoms with Crippen molar-refractivity contribution in [2.75, 3.05) is 13.2 Å². The second-order valence-electron chi connectivity index (χ2n) is 4.41. The van der Waals surface area contributed by atoms with Crippen LogP contribution in [0.2, 0.25) is 5.02 Å². The number of hydrogen-bond acceptors (Lipinski definition) is 3. The van der Waals surface area contributed by atoms with E-state index in [1.54, 1.807) is 12.1 Å². The molecule has 2 rings (SSSR count). The second-order valence-corrected chi connectivity index (χ2v) is 6.73. The van der Waals surface area contributed by atoms with Crippen LogP contribution in [-0.4, -0.2) is 37.0 Å². The van der Waals surface area contributed by atoms with E-state index < -0.39 is 10.0 Å². The second kappa shape index (κ2) is 5.57. The molecule has 0 aromatic heterocycles. The normalized spacial score (nSPS) is 22.0. The number of nitrogens with zero attached hydrogens (tertiary/aromatic N) is 1. The Morgan fingerprint density at radius 2 is 2.17 bits per heavy atom. The SMILES string of the molecule is O=S(=O)(c1cccc(Cl)c1)N1CCCCC1CO. The molecule has 1 unspecified atom stereocenters. The summed E-state index contributed by atoms with van der Waals surface area (Å²) in [6.45, 7) is 0.319. The molecule has 100 valence electrons. The summed E-state index contributed by atoms with van der Waals surface area (Å²) in [6, 6.07) is 5.92. The van der Waals surface area contributed by atoms with Crippen molar-refractivity contribution in [1.82, 2.24) is 4.31 Å². The fourth-order valence-corrected chi connectivity index (χ4v) is 4.22. The Balaban J connectivity index is 2.35. The molecule has 0 bridgehead atoms. The Bertz CT molecular complexity index is 518. The standard InChI is InChI=1S/C12H16ClNO3S/c13-10-4-3-6-12(8-10)18(16,17)14-7-2-1-5-11(14)9-15/h3-4,6,8,11,15H,1-2,5,7,9H2. The number of halogens is 1. The van der Waals surface area contributed by atoms with Gasteiger partial charge in [0.25, 0.3) is 0 Å². The van der Waals surface area contributed by atoms with Crippen LogP contribution in [-0.2, 0) is 10.0 Å². The lowest BCUT2D eigenvalue weighted by Crippen LogP contribution is -2.45.